The highest BCUT2D eigenvalue weighted by molar-refractivity contribution is 5.96. The van der Waals surface area contributed by atoms with Crippen molar-refractivity contribution in [1.82, 2.24) is 10.2 Å². The van der Waals surface area contributed by atoms with Gasteiger partial charge < -0.3 is 15.0 Å². The smallest absolute Gasteiger partial charge is 0.308 e. The van der Waals surface area contributed by atoms with Crippen molar-refractivity contribution in [3.8, 4) is 11.1 Å². The summed E-state index contributed by atoms with van der Waals surface area (Å²) in [6, 6.07) is 17.2. The normalized spacial score (nSPS) is 14.4. The second kappa shape index (κ2) is 9.17. The van der Waals surface area contributed by atoms with Gasteiger partial charge in [-0.25, -0.2) is 0 Å². The number of ether oxygens (including phenoxy) is 1. The van der Waals surface area contributed by atoms with E-state index in [4.69, 9.17) is 4.74 Å². The van der Waals surface area contributed by atoms with Crippen LogP contribution in [0.2, 0.25) is 0 Å². The van der Waals surface area contributed by atoms with E-state index in [1.54, 1.807) is 17.0 Å². The molecular weight excluding hydrogens is 356 g/mol. The van der Waals surface area contributed by atoms with E-state index in [1.165, 1.54) is 7.11 Å². The summed E-state index contributed by atoms with van der Waals surface area (Å²) in [5.74, 6) is -0.791. The number of hydrogen-bond acceptors (Lipinski definition) is 4. The third-order valence-electron chi connectivity index (χ3n) is 5.04. The van der Waals surface area contributed by atoms with Crippen molar-refractivity contribution >= 4 is 17.8 Å². The minimum absolute atomic E-state index is 0.0534. The SMILES string of the molecule is COC(=O)C1CCN(C(=O)CNC(=O)c2ccc(-c3ccccc3)cc2)CC1. The van der Waals surface area contributed by atoms with Gasteiger partial charge in [-0.3, -0.25) is 14.4 Å². The summed E-state index contributed by atoms with van der Waals surface area (Å²) in [5, 5.41) is 2.68. The van der Waals surface area contributed by atoms with Gasteiger partial charge in [0.2, 0.25) is 5.91 Å². The molecule has 0 atom stereocenters. The van der Waals surface area contributed by atoms with E-state index < -0.39 is 0 Å². The largest absolute Gasteiger partial charge is 0.469 e. The third kappa shape index (κ3) is 4.76. The Kier molecular flexibility index (Phi) is 6.42. The Labute approximate surface area is 164 Å². The molecule has 6 heteroatoms. The van der Waals surface area contributed by atoms with Gasteiger partial charge >= 0.3 is 5.97 Å². The molecule has 1 aliphatic heterocycles. The Morgan fingerprint density at radius 2 is 1.57 bits per heavy atom. The van der Waals surface area contributed by atoms with Crippen LogP contribution >= 0.6 is 0 Å². The first-order chi connectivity index (χ1) is 13.6. The number of amides is 2. The minimum Gasteiger partial charge on any atom is -0.469 e. The Hall–Kier alpha value is -3.15. The van der Waals surface area contributed by atoms with E-state index in [1.807, 2.05) is 42.5 Å². The van der Waals surface area contributed by atoms with Gasteiger partial charge in [0.05, 0.1) is 19.6 Å². The maximum Gasteiger partial charge on any atom is 0.308 e. The van der Waals surface area contributed by atoms with Crippen LogP contribution in [0.1, 0.15) is 23.2 Å². The molecule has 146 valence electrons. The van der Waals surface area contributed by atoms with Crippen LogP contribution in [0.3, 0.4) is 0 Å². The number of nitrogens with one attached hydrogen (secondary N) is 1. The number of rotatable bonds is 5. The number of likely N-dealkylation sites (tertiary alicyclic amines) is 1. The lowest BCUT2D eigenvalue weighted by molar-refractivity contribution is -0.148. The molecule has 1 aliphatic rings. The van der Waals surface area contributed by atoms with Crippen molar-refractivity contribution in [1.29, 1.82) is 0 Å². The summed E-state index contributed by atoms with van der Waals surface area (Å²) >= 11 is 0. The van der Waals surface area contributed by atoms with E-state index in [0.717, 1.165) is 11.1 Å². The number of hydrogen-bond donors (Lipinski definition) is 1. The van der Waals surface area contributed by atoms with Gasteiger partial charge in [-0.05, 0) is 36.1 Å². The minimum atomic E-state index is -0.280. The van der Waals surface area contributed by atoms with Gasteiger partial charge in [0, 0.05) is 18.7 Å². The van der Waals surface area contributed by atoms with Crippen LogP contribution in [0.25, 0.3) is 11.1 Å². The van der Waals surface area contributed by atoms with Crippen molar-refractivity contribution in [3.05, 3.63) is 60.2 Å². The highest BCUT2D eigenvalue weighted by atomic mass is 16.5. The fourth-order valence-corrected chi connectivity index (χ4v) is 3.35. The molecule has 2 aromatic carbocycles. The second-order valence-corrected chi connectivity index (χ2v) is 6.80. The Morgan fingerprint density at radius 1 is 0.964 bits per heavy atom. The number of carbonyl (C=O) groups is 3. The molecule has 2 aromatic rings. The molecule has 1 N–H and O–H groups in total. The van der Waals surface area contributed by atoms with E-state index >= 15 is 0 Å². The first kappa shape index (κ1) is 19.6. The quantitative estimate of drug-likeness (QED) is 0.809. The predicted molar refractivity (Wildman–Crippen MR) is 106 cm³/mol. The summed E-state index contributed by atoms with van der Waals surface area (Å²) < 4.78 is 4.75. The zero-order valence-corrected chi connectivity index (χ0v) is 15.9. The number of methoxy groups -OCH3 is 1. The van der Waals surface area contributed by atoms with E-state index in [0.29, 0.717) is 31.5 Å². The van der Waals surface area contributed by atoms with E-state index in [2.05, 4.69) is 5.32 Å². The molecule has 28 heavy (non-hydrogen) atoms. The molecule has 0 saturated carbocycles. The van der Waals surface area contributed by atoms with E-state index in [-0.39, 0.29) is 30.2 Å². The number of esters is 1. The lowest BCUT2D eigenvalue weighted by Gasteiger charge is -2.30. The van der Waals surface area contributed by atoms with Crippen LogP contribution < -0.4 is 5.32 Å². The molecule has 0 aliphatic carbocycles. The topological polar surface area (TPSA) is 75.7 Å². The Balaban J connectivity index is 1.49. The van der Waals surface area contributed by atoms with Gasteiger partial charge in [-0.1, -0.05) is 42.5 Å². The average molecular weight is 380 g/mol. The monoisotopic (exact) mass is 380 g/mol. The van der Waals surface area contributed by atoms with Gasteiger partial charge in [0.25, 0.3) is 5.91 Å². The molecule has 0 bridgehead atoms. The summed E-state index contributed by atoms with van der Waals surface area (Å²) in [5.41, 5.74) is 2.62. The molecule has 0 radical (unpaired) electrons. The molecule has 1 saturated heterocycles. The molecular formula is C22H24N2O4. The number of nitrogens with zero attached hydrogens (tertiary/aromatic N) is 1. The van der Waals surface area contributed by atoms with Crippen LogP contribution in [-0.4, -0.2) is 49.4 Å². The van der Waals surface area contributed by atoms with Crippen LogP contribution in [-0.2, 0) is 14.3 Å². The van der Waals surface area contributed by atoms with Crippen molar-refractivity contribution in [2.24, 2.45) is 5.92 Å². The fourth-order valence-electron chi connectivity index (χ4n) is 3.35. The number of carbonyl (C=O) groups excluding carboxylic acids is 3. The zero-order chi connectivity index (χ0) is 19.9. The molecule has 6 nitrogen and oxygen atoms in total. The third-order valence-corrected chi connectivity index (χ3v) is 5.04. The lowest BCUT2D eigenvalue weighted by Crippen LogP contribution is -2.45. The van der Waals surface area contributed by atoms with E-state index in [9.17, 15) is 14.4 Å². The first-order valence-corrected chi connectivity index (χ1v) is 9.38. The number of benzene rings is 2. The van der Waals surface area contributed by atoms with Gasteiger partial charge in [0.15, 0.2) is 0 Å². The molecule has 1 heterocycles. The van der Waals surface area contributed by atoms with Crippen LogP contribution in [0, 0.1) is 5.92 Å². The summed E-state index contributed by atoms with van der Waals surface area (Å²) in [6.07, 6.45) is 1.18. The Bertz CT molecular complexity index is 825. The highest BCUT2D eigenvalue weighted by Crippen LogP contribution is 2.20. The summed E-state index contributed by atoms with van der Waals surface area (Å²) in [7, 11) is 1.38. The number of piperidine rings is 1. The maximum absolute atomic E-state index is 12.3. The highest BCUT2D eigenvalue weighted by Gasteiger charge is 2.27. The summed E-state index contributed by atoms with van der Waals surface area (Å²) in [4.78, 5) is 37.9. The second-order valence-electron chi connectivity index (χ2n) is 6.80. The summed E-state index contributed by atoms with van der Waals surface area (Å²) in [6.45, 7) is 0.947. The molecule has 0 aromatic heterocycles. The van der Waals surface area contributed by atoms with Crippen molar-refractivity contribution < 1.29 is 19.1 Å². The molecule has 0 spiro atoms. The molecule has 2 amide bonds. The molecule has 1 fully saturated rings. The Morgan fingerprint density at radius 3 is 2.18 bits per heavy atom. The van der Waals surface area contributed by atoms with Gasteiger partial charge in [-0.15, -0.1) is 0 Å². The zero-order valence-electron chi connectivity index (χ0n) is 15.9. The fraction of sp³-hybridized carbons (Fsp3) is 0.318. The van der Waals surface area contributed by atoms with Gasteiger partial charge in [-0.2, -0.15) is 0 Å². The molecule has 3 rings (SSSR count). The van der Waals surface area contributed by atoms with Crippen LogP contribution in [0.15, 0.2) is 54.6 Å². The lowest BCUT2D eigenvalue weighted by atomic mass is 9.97. The van der Waals surface area contributed by atoms with Crippen LogP contribution in [0.4, 0.5) is 0 Å². The standard InChI is InChI=1S/C22H24N2O4/c1-28-22(27)19-11-13-24(14-12-19)20(25)15-23-21(26)18-9-7-17(8-10-18)16-5-3-2-4-6-16/h2-10,19H,11-15H2,1H3,(H,23,26). The van der Waals surface area contributed by atoms with Crippen LogP contribution in [0.5, 0.6) is 0 Å². The van der Waals surface area contributed by atoms with Crippen molar-refractivity contribution in [2.75, 3.05) is 26.7 Å². The van der Waals surface area contributed by atoms with Crippen molar-refractivity contribution in [3.63, 3.8) is 0 Å². The predicted octanol–water partition coefficient (Wildman–Crippen LogP) is 2.50. The first-order valence-electron chi connectivity index (χ1n) is 9.38. The maximum atomic E-state index is 12.3. The average Bonchev–Trinajstić information content (AvgIpc) is 2.77. The molecule has 0 unspecified atom stereocenters. The van der Waals surface area contributed by atoms with Gasteiger partial charge in [0.1, 0.15) is 0 Å². The van der Waals surface area contributed by atoms with Crippen molar-refractivity contribution in [2.45, 2.75) is 12.8 Å².